The van der Waals surface area contributed by atoms with Gasteiger partial charge in [-0.1, -0.05) is 20.8 Å². The number of thiazole rings is 1. The highest BCUT2D eigenvalue weighted by Gasteiger charge is 2.15. The molecule has 0 aliphatic carbocycles. The molecule has 0 aliphatic rings. The van der Waals surface area contributed by atoms with Crippen LogP contribution in [0, 0.1) is 12.3 Å². The minimum absolute atomic E-state index is 0.190. The Bertz CT molecular complexity index is 579. The van der Waals surface area contributed by atoms with Gasteiger partial charge in [0.15, 0.2) is 5.13 Å². The molecule has 0 fully saturated rings. The van der Waals surface area contributed by atoms with Gasteiger partial charge in [0.05, 0.1) is 11.9 Å². The van der Waals surface area contributed by atoms with Crippen LogP contribution in [0.4, 0.5) is 5.13 Å². The van der Waals surface area contributed by atoms with Crippen LogP contribution >= 0.6 is 11.3 Å². The van der Waals surface area contributed by atoms with E-state index in [0.29, 0.717) is 10.8 Å². The van der Waals surface area contributed by atoms with Crippen molar-refractivity contribution in [3.63, 3.8) is 0 Å². The Morgan fingerprint density at radius 1 is 1.47 bits per heavy atom. The van der Waals surface area contributed by atoms with Gasteiger partial charge < -0.3 is 4.98 Å². The lowest BCUT2D eigenvalue weighted by Gasteiger charge is -2.15. The number of imidazole rings is 1. The molecule has 0 aliphatic heterocycles. The molecule has 6 heteroatoms. The predicted molar refractivity (Wildman–Crippen MR) is 76.6 cm³/mol. The fourth-order valence-corrected chi connectivity index (χ4v) is 2.39. The highest BCUT2D eigenvalue weighted by molar-refractivity contribution is 7.13. The first-order valence-corrected chi connectivity index (χ1v) is 6.99. The van der Waals surface area contributed by atoms with E-state index in [4.69, 9.17) is 0 Å². The number of aromatic nitrogens is 3. The Balaban J connectivity index is 2.02. The number of carbonyl (C=O) groups is 1. The highest BCUT2D eigenvalue weighted by atomic mass is 32.1. The number of nitrogens with zero attached hydrogens (tertiary/aromatic N) is 2. The lowest BCUT2D eigenvalue weighted by atomic mass is 9.91. The molecule has 0 unspecified atom stereocenters. The van der Waals surface area contributed by atoms with Gasteiger partial charge in [0, 0.05) is 5.38 Å². The SMILES string of the molecule is Cc1ncc(C(=O)Nc2nc(CC(C)(C)C)cs2)[nH]1. The van der Waals surface area contributed by atoms with Crippen molar-refractivity contribution in [3.8, 4) is 0 Å². The molecule has 0 radical (unpaired) electrons. The van der Waals surface area contributed by atoms with Gasteiger partial charge in [0.2, 0.25) is 0 Å². The molecular weight excluding hydrogens is 260 g/mol. The van der Waals surface area contributed by atoms with Crippen LogP contribution in [0.1, 0.15) is 42.8 Å². The number of rotatable bonds is 3. The van der Waals surface area contributed by atoms with Crippen molar-refractivity contribution in [2.45, 2.75) is 34.1 Å². The minimum atomic E-state index is -0.211. The van der Waals surface area contributed by atoms with Crippen LogP contribution in [0.2, 0.25) is 0 Å². The third-order valence-electron chi connectivity index (χ3n) is 2.43. The first-order valence-electron chi connectivity index (χ1n) is 6.11. The number of anilines is 1. The molecule has 0 saturated carbocycles. The molecule has 1 amide bonds. The molecule has 5 nitrogen and oxygen atoms in total. The van der Waals surface area contributed by atoms with Crippen LogP contribution in [0.5, 0.6) is 0 Å². The summed E-state index contributed by atoms with van der Waals surface area (Å²) in [6.07, 6.45) is 2.41. The molecule has 19 heavy (non-hydrogen) atoms. The third-order valence-corrected chi connectivity index (χ3v) is 3.24. The average Bonchev–Trinajstić information content (AvgIpc) is 2.85. The van der Waals surface area contributed by atoms with E-state index >= 15 is 0 Å². The molecule has 102 valence electrons. The fraction of sp³-hybridized carbons (Fsp3) is 0.462. The molecule has 0 atom stereocenters. The second kappa shape index (κ2) is 5.13. The van der Waals surface area contributed by atoms with Crippen LogP contribution in [0.25, 0.3) is 0 Å². The van der Waals surface area contributed by atoms with Crippen LogP contribution in [0.15, 0.2) is 11.6 Å². The summed E-state index contributed by atoms with van der Waals surface area (Å²) in [6.45, 7) is 8.30. The Labute approximate surface area is 116 Å². The largest absolute Gasteiger partial charge is 0.338 e. The van der Waals surface area contributed by atoms with Gasteiger partial charge in [-0.15, -0.1) is 11.3 Å². The maximum atomic E-state index is 11.9. The molecule has 0 saturated heterocycles. The zero-order valence-electron chi connectivity index (χ0n) is 11.6. The second-order valence-corrected chi connectivity index (χ2v) is 6.58. The predicted octanol–water partition coefficient (Wildman–Crippen LogP) is 3.02. The summed E-state index contributed by atoms with van der Waals surface area (Å²) in [4.78, 5) is 23.2. The van der Waals surface area contributed by atoms with Gasteiger partial charge in [0.25, 0.3) is 5.91 Å². The zero-order valence-corrected chi connectivity index (χ0v) is 12.4. The molecule has 2 heterocycles. The van der Waals surface area contributed by atoms with Gasteiger partial charge >= 0.3 is 0 Å². The van der Waals surface area contributed by atoms with E-state index < -0.39 is 0 Å². The summed E-state index contributed by atoms with van der Waals surface area (Å²) in [5.74, 6) is 0.509. The van der Waals surface area contributed by atoms with Crippen molar-refractivity contribution >= 4 is 22.4 Å². The monoisotopic (exact) mass is 278 g/mol. The molecule has 0 spiro atoms. The van der Waals surface area contributed by atoms with Gasteiger partial charge in [-0.2, -0.15) is 0 Å². The normalized spacial score (nSPS) is 11.6. The summed E-state index contributed by atoms with van der Waals surface area (Å²) in [5, 5.41) is 5.38. The smallest absolute Gasteiger partial charge is 0.275 e. The highest BCUT2D eigenvalue weighted by Crippen LogP contribution is 2.24. The van der Waals surface area contributed by atoms with Gasteiger partial charge in [-0.05, 0) is 18.8 Å². The molecule has 2 aromatic heterocycles. The first-order chi connectivity index (χ1) is 8.83. The number of nitrogens with one attached hydrogen (secondary N) is 2. The van der Waals surface area contributed by atoms with E-state index in [0.717, 1.165) is 17.9 Å². The van der Waals surface area contributed by atoms with Crippen molar-refractivity contribution in [2.75, 3.05) is 5.32 Å². The van der Waals surface area contributed by atoms with Crippen LogP contribution in [-0.4, -0.2) is 20.9 Å². The topological polar surface area (TPSA) is 70.7 Å². The molecule has 0 aromatic carbocycles. The summed E-state index contributed by atoms with van der Waals surface area (Å²) >= 11 is 1.44. The number of hydrogen-bond acceptors (Lipinski definition) is 4. The lowest BCUT2D eigenvalue weighted by Crippen LogP contribution is -2.13. The first kappa shape index (κ1) is 13.7. The second-order valence-electron chi connectivity index (χ2n) is 5.72. The summed E-state index contributed by atoms with van der Waals surface area (Å²) in [5.41, 5.74) is 1.65. The van der Waals surface area contributed by atoms with Gasteiger partial charge in [-0.3, -0.25) is 10.1 Å². The maximum absolute atomic E-state index is 11.9. The van der Waals surface area contributed by atoms with E-state index in [9.17, 15) is 4.79 Å². The van der Waals surface area contributed by atoms with Crippen molar-refractivity contribution in [1.29, 1.82) is 0 Å². The summed E-state index contributed by atoms with van der Waals surface area (Å²) in [7, 11) is 0. The lowest BCUT2D eigenvalue weighted by molar-refractivity contribution is 0.102. The summed E-state index contributed by atoms with van der Waals surface area (Å²) < 4.78 is 0. The van der Waals surface area contributed by atoms with E-state index in [1.807, 2.05) is 12.3 Å². The van der Waals surface area contributed by atoms with E-state index in [-0.39, 0.29) is 11.3 Å². The average molecular weight is 278 g/mol. The molecule has 0 bridgehead atoms. The minimum Gasteiger partial charge on any atom is -0.338 e. The fourth-order valence-electron chi connectivity index (χ4n) is 1.69. The number of amides is 1. The Morgan fingerprint density at radius 3 is 2.79 bits per heavy atom. The van der Waals surface area contributed by atoms with E-state index in [2.05, 4.69) is 41.0 Å². The number of hydrogen-bond donors (Lipinski definition) is 2. The van der Waals surface area contributed by atoms with E-state index in [1.165, 1.54) is 17.5 Å². The van der Waals surface area contributed by atoms with E-state index in [1.54, 1.807) is 0 Å². The quantitative estimate of drug-likeness (QED) is 0.906. The Morgan fingerprint density at radius 2 is 2.21 bits per heavy atom. The zero-order chi connectivity index (χ0) is 14.0. The number of aromatic amines is 1. The maximum Gasteiger partial charge on any atom is 0.275 e. The third kappa shape index (κ3) is 3.89. The van der Waals surface area contributed by atoms with Crippen LogP contribution in [0.3, 0.4) is 0 Å². The Hall–Kier alpha value is -1.69. The Kier molecular flexibility index (Phi) is 3.71. The van der Waals surface area contributed by atoms with Gasteiger partial charge in [0.1, 0.15) is 11.5 Å². The van der Waals surface area contributed by atoms with Crippen molar-refractivity contribution in [2.24, 2.45) is 5.41 Å². The molecule has 2 N–H and O–H groups in total. The van der Waals surface area contributed by atoms with Crippen molar-refractivity contribution in [3.05, 3.63) is 28.8 Å². The molecular formula is C13H18N4OS. The van der Waals surface area contributed by atoms with Crippen molar-refractivity contribution < 1.29 is 4.79 Å². The number of aryl methyl sites for hydroxylation is 1. The molecule has 2 aromatic rings. The van der Waals surface area contributed by atoms with Crippen LogP contribution in [-0.2, 0) is 6.42 Å². The molecule has 2 rings (SSSR count). The number of carbonyl (C=O) groups excluding carboxylic acids is 1. The van der Waals surface area contributed by atoms with Gasteiger partial charge in [-0.25, -0.2) is 9.97 Å². The standard InChI is InChI=1S/C13H18N4OS/c1-8-14-6-10(15-8)11(18)17-12-16-9(7-19-12)5-13(2,3)4/h6-7H,5H2,1-4H3,(H,14,15)(H,16,17,18). The van der Waals surface area contributed by atoms with Crippen LogP contribution < -0.4 is 5.32 Å². The summed E-state index contributed by atoms with van der Waals surface area (Å²) in [6, 6.07) is 0. The van der Waals surface area contributed by atoms with Crippen molar-refractivity contribution in [1.82, 2.24) is 15.0 Å². The number of H-pyrrole nitrogens is 1.